The number of urea groups is 1. The molecule has 0 spiro atoms. The van der Waals surface area contributed by atoms with Crippen LogP contribution in [0.1, 0.15) is 16.7 Å². The average Bonchev–Trinajstić information content (AvgIpc) is 3.06. The molecule has 0 radical (unpaired) electrons. The van der Waals surface area contributed by atoms with Crippen LogP contribution >= 0.6 is 23.2 Å². The molecular weight excluding hydrogens is 463 g/mol. The third kappa shape index (κ3) is 4.97. The van der Waals surface area contributed by atoms with Crippen molar-refractivity contribution in [3.63, 3.8) is 0 Å². The zero-order valence-electron chi connectivity index (χ0n) is 17.9. The fourth-order valence-corrected chi connectivity index (χ4v) is 3.81. The van der Waals surface area contributed by atoms with E-state index >= 15 is 0 Å². The normalized spacial score (nSPS) is 14.5. The molecule has 1 aliphatic rings. The lowest BCUT2D eigenvalue weighted by molar-refractivity contribution is -0.113. The van der Waals surface area contributed by atoms with Crippen molar-refractivity contribution < 1.29 is 19.1 Å². The van der Waals surface area contributed by atoms with Crippen molar-refractivity contribution in [3.8, 4) is 11.5 Å². The number of benzene rings is 3. The van der Waals surface area contributed by atoms with Crippen LogP contribution in [0.3, 0.4) is 0 Å². The number of halogens is 2. The zero-order valence-corrected chi connectivity index (χ0v) is 19.4. The van der Waals surface area contributed by atoms with Gasteiger partial charge in [-0.1, -0.05) is 59.1 Å². The number of amides is 3. The number of imide groups is 1. The Labute approximate surface area is 201 Å². The van der Waals surface area contributed by atoms with Gasteiger partial charge in [-0.15, -0.1) is 0 Å². The van der Waals surface area contributed by atoms with Gasteiger partial charge in [0.15, 0.2) is 11.5 Å². The maximum atomic E-state index is 12.9. The Morgan fingerprint density at radius 2 is 1.79 bits per heavy atom. The summed E-state index contributed by atoms with van der Waals surface area (Å²) in [7, 11) is 1.50. The number of hydrogen-bond acceptors (Lipinski definition) is 4. The molecule has 0 bridgehead atoms. The third-order valence-corrected chi connectivity index (χ3v) is 5.53. The predicted molar refractivity (Wildman–Crippen MR) is 129 cm³/mol. The maximum Gasteiger partial charge on any atom is 0.333 e. The SMILES string of the molecule is COc1cc(/C=C2/NC(=O)N(c3cccc(Cl)c3)C2=O)cc(Cl)c1OCc1ccc(C)cc1. The van der Waals surface area contributed by atoms with E-state index in [0.717, 1.165) is 16.0 Å². The van der Waals surface area contributed by atoms with Gasteiger partial charge in [-0.25, -0.2) is 9.69 Å². The highest BCUT2D eigenvalue weighted by Gasteiger charge is 2.35. The molecule has 1 heterocycles. The van der Waals surface area contributed by atoms with Crippen LogP contribution < -0.4 is 19.7 Å². The number of rotatable bonds is 6. The van der Waals surface area contributed by atoms with E-state index < -0.39 is 11.9 Å². The molecule has 0 aromatic heterocycles. The van der Waals surface area contributed by atoms with Gasteiger partial charge >= 0.3 is 6.03 Å². The van der Waals surface area contributed by atoms with Crippen LogP contribution in [0.15, 0.2) is 66.4 Å². The van der Waals surface area contributed by atoms with E-state index in [2.05, 4.69) is 5.32 Å². The molecule has 0 saturated carbocycles. The van der Waals surface area contributed by atoms with Crippen molar-refractivity contribution in [2.24, 2.45) is 0 Å². The van der Waals surface area contributed by atoms with Gasteiger partial charge in [0.1, 0.15) is 12.3 Å². The Kier molecular flexibility index (Phi) is 6.58. The van der Waals surface area contributed by atoms with Crippen molar-refractivity contribution in [1.82, 2.24) is 5.32 Å². The summed E-state index contributed by atoms with van der Waals surface area (Å²) in [6.07, 6.45) is 1.53. The summed E-state index contributed by atoms with van der Waals surface area (Å²) in [4.78, 5) is 26.3. The molecular formula is C25H20Cl2N2O4. The zero-order chi connectivity index (χ0) is 23.5. The summed E-state index contributed by atoms with van der Waals surface area (Å²) < 4.78 is 11.4. The van der Waals surface area contributed by atoms with Gasteiger partial charge in [-0.2, -0.15) is 0 Å². The summed E-state index contributed by atoms with van der Waals surface area (Å²) >= 11 is 12.5. The van der Waals surface area contributed by atoms with Gasteiger partial charge < -0.3 is 14.8 Å². The maximum absolute atomic E-state index is 12.9. The topological polar surface area (TPSA) is 67.9 Å². The number of nitrogens with zero attached hydrogens (tertiary/aromatic N) is 1. The molecule has 4 rings (SSSR count). The van der Waals surface area contributed by atoms with Crippen LogP contribution in [-0.4, -0.2) is 19.0 Å². The van der Waals surface area contributed by atoms with E-state index in [9.17, 15) is 9.59 Å². The molecule has 1 aliphatic heterocycles. The molecule has 1 saturated heterocycles. The van der Waals surface area contributed by atoms with E-state index in [1.807, 2.05) is 31.2 Å². The van der Waals surface area contributed by atoms with E-state index in [1.165, 1.54) is 13.2 Å². The number of nitrogens with one attached hydrogen (secondary N) is 1. The molecule has 3 aromatic carbocycles. The lowest BCUT2D eigenvalue weighted by Gasteiger charge is -2.14. The molecule has 33 heavy (non-hydrogen) atoms. The minimum atomic E-state index is -0.565. The van der Waals surface area contributed by atoms with Crippen LogP contribution in [-0.2, 0) is 11.4 Å². The van der Waals surface area contributed by atoms with Crippen molar-refractivity contribution in [2.45, 2.75) is 13.5 Å². The Morgan fingerprint density at radius 3 is 2.48 bits per heavy atom. The van der Waals surface area contributed by atoms with E-state index in [4.69, 9.17) is 32.7 Å². The van der Waals surface area contributed by atoms with E-state index in [0.29, 0.717) is 39.4 Å². The molecule has 3 aromatic rings. The van der Waals surface area contributed by atoms with Crippen molar-refractivity contribution >= 4 is 46.9 Å². The summed E-state index contributed by atoms with van der Waals surface area (Å²) in [5.74, 6) is 0.297. The summed E-state index contributed by atoms with van der Waals surface area (Å²) in [5, 5.41) is 3.32. The monoisotopic (exact) mass is 482 g/mol. The molecule has 8 heteroatoms. The van der Waals surface area contributed by atoms with E-state index in [-0.39, 0.29) is 5.70 Å². The van der Waals surface area contributed by atoms with Crippen LogP contribution in [0.25, 0.3) is 6.08 Å². The molecule has 0 atom stereocenters. The van der Waals surface area contributed by atoms with Crippen LogP contribution in [0, 0.1) is 6.92 Å². The number of aryl methyl sites for hydroxylation is 1. The fourth-order valence-electron chi connectivity index (χ4n) is 3.35. The second-order valence-electron chi connectivity index (χ2n) is 7.42. The molecule has 0 aliphatic carbocycles. The number of ether oxygens (including phenoxy) is 2. The van der Waals surface area contributed by atoms with Gasteiger partial charge in [0, 0.05) is 5.02 Å². The highest BCUT2D eigenvalue weighted by Crippen LogP contribution is 2.38. The van der Waals surface area contributed by atoms with Gasteiger partial charge in [0.25, 0.3) is 5.91 Å². The standard InChI is InChI=1S/C25H20Cl2N2O4/c1-15-6-8-16(9-7-15)14-33-23-20(27)10-17(12-22(23)32-2)11-21-24(30)29(25(31)28-21)19-5-3-4-18(26)13-19/h3-13H,14H2,1-2H3,(H,28,31)/b21-11+. The lowest BCUT2D eigenvalue weighted by Crippen LogP contribution is -2.30. The minimum Gasteiger partial charge on any atom is -0.493 e. The van der Waals surface area contributed by atoms with Crippen molar-refractivity contribution in [2.75, 3.05) is 12.0 Å². The summed E-state index contributed by atoms with van der Waals surface area (Å²) in [6.45, 7) is 2.34. The fraction of sp³-hybridized carbons (Fsp3) is 0.120. The third-order valence-electron chi connectivity index (χ3n) is 5.01. The number of carbonyl (C=O) groups excluding carboxylic acids is 2. The smallest absolute Gasteiger partial charge is 0.333 e. The number of methoxy groups -OCH3 is 1. The Balaban J connectivity index is 1.58. The Morgan fingerprint density at radius 1 is 1.03 bits per heavy atom. The first-order chi connectivity index (χ1) is 15.9. The van der Waals surface area contributed by atoms with Gasteiger partial charge in [-0.05, 0) is 54.5 Å². The van der Waals surface area contributed by atoms with Crippen molar-refractivity contribution in [3.05, 3.63) is 93.1 Å². The summed E-state index contributed by atoms with van der Waals surface area (Å²) in [6, 6.07) is 17.2. The number of anilines is 1. The second-order valence-corrected chi connectivity index (χ2v) is 8.26. The molecule has 1 N–H and O–H groups in total. The molecule has 6 nitrogen and oxygen atoms in total. The first-order valence-corrected chi connectivity index (χ1v) is 10.8. The van der Waals surface area contributed by atoms with Gasteiger partial charge in [0.2, 0.25) is 0 Å². The Hall–Kier alpha value is -3.48. The Bertz CT molecular complexity index is 1260. The first-order valence-electron chi connectivity index (χ1n) is 10.0. The highest BCUT2D eigenvalue weighted by molar-refractivity contribution is 6.33. The van der Waals surface area contributed by atoms with Crippen LogP contribution in [0.4, 0.5) is 10.5 Å². The predicted octanol–water partition coefficient (Wildman–Crippen LogP) is 5.99. The second kappa shape index (κ2) is 9.57. The van der Waals surface area contributed by atoms with Crippen LogP contribution in [0.5, 0.6) is 11.5 Å². The number of hydrogen-bond donors (Lipinski definition) is 1. The minimum absolute atomic E-state index is 0.103. The summed E-state index contributed by atoms with van der Waals surface area (Å²) in [5.41, 5.74) is 3.20. The van der Waals surface area contributed by atoms with E-state index in [1.54, 1.807) is 36.4 Å². The largest absolute Gasteiger partial charge is 0.493 e. The first kappa shape index (κ1) is 22.7. The van der Waals surface area contributed by atoms with Gasteiger partial charge in [0.05, 0.1) is 17.8 Å². The number of carbonyl (C=O) groups is 2. The molecule has 168 valence electrons. The quantitative estimate of drug-likeness (QED) is 0.346. The van der Waals surface area contributed by atoms with Gasteiger partial charge in [-0.3, -0.25) is 4.79 Å². The average molecular weight is 483 g/mol. The molecule has 0 unspecified atom stereocenters. The molecule has 1 fully saturated rings. The van der Waals surface area contributed by atoms with Crippen molar-refractivity contribution in [1.29, 1.82) is 0 Å². The molecule has 3 amide bonds. The lowest BCUT2D eigenvalue weighted by atomic mass is 10.1. The van der Waals surface area contributed by atoms with Crippen LogP contribution in [0.2, 0.25) is 10.0 Å². The highest BCUT2D eigenvalue weighted by atomic mass is 35.5.